The van der Waals surface area contributed by atoms with Crippen LogP contribution in [0.25, 0.3) is 0 Å². The lowest BCUT2D eigenvalue weighted by Gasteiger charge is -2.27. The van der Waals surface area contributed by atoms with E-state index in [2.05, 4.69) is 41.8 Å². The summed E-state index contributed by atoms with van der Waals surface area (Å²) in [5, 5.41) is 6.09. The van der Waals surface area contributed by atoms with Gasteiger partial charge in [-0.15, -0.1) is 12.4 Å². The minimum absolute atomic E-state index is 0. The molecule has 21 heavy (non-hydrogen) atoms. The van der Waals surface area contributed by atoms with E-state index in [1.54, 1.807) is 7.11 Å². The zero-order chi connectivity index (χ0) is 15.0. The van der Waals surface area contributed by atoms with Gasteiger partial charge in [-0.05, 0) is 31.4 Å². The maximum atomic E-state index is 11.9. The van der Waals surface area contributed by atoms with E-state index in [1.165, 1.54) is 5.56 Å². The van der Waals surface area contributed by atoms with Gasteiger partial charge in [0.2, 0.25) is 5.91 Å². The normalized spacial score (nSPS) is 10.9. The van der Waals surface area contributed by atoms with Crippen LogP contribution in [0, 0.1) is 0 Å². The number of halogens is 1. The highest BCUT2D eigenvalue weighted by Crippen LogP contribution is 2.20. The molecule has 0 saturated carbocycles. The number of aryl methyl sites for hydroxylation is 1. The first kappa shape index (κ1) is 19.9. The zero-order valence-electron chi connectivity index (χ0n) is 13.4. The summed E-state index contributed by atoms with van der Waals surface area (Å²) < 4.78 is 4.92. The van der Waals surface area contributed by atoms with Gasteiger partial charge in [0.1, 0.15) is 0 Å². The van der Waals surface area contributed by atoms with Crippen LogP contribution in [0.1, 0.15) is 31.9 Å². The molecule has 0 atom stereocenters. The average Bonchev–Trinajstić information content (AvgIpc) is 2.43. The number of ether oxygens (including phenoxy) is 1. The van der Waals surface area contributed by atoms with Gasteiger partial charge in [0.05, 0.1) is 18.7 Å². The summed E-state index contributed by atoms with van der Waals surface area (Å²) in [6, 6.07) is 8.38. The fraction of sp³-hybridized carbons (Fsp3) is 0.562. The maximum absolute atomic E-state index is 11.9. The lowest BCUT2D eigenvalue weighted by Crippen LogP contribution is -2.45. The molecule has 0 bridgehead atoms. The molecule has 0 aromatic heterocycles. The van der Waals surface area contributed by atoms with E-state index >= 15 is 0 Å². The molecular formula is C16H27ClN2O2. The van der Waals surface area contributed by atoms with Crippen molar-refractivity contribution in [2.45, 2.75) is 32.7 Å². The molecule has 0 aliphatic carbocycles. The molecule has 0 spiro atoms. The van der Waals surface area contributed by atoms with Crippen molar-refractivity contribution in [1.82, 2.24) is 10.6 Å². The Labute approximate surface area is 134 Å². The summed E-state index contributed by atoms with van der Waals surface area (Å²) in [7, 11) is 1.64. The predicted octanol–water partition coefficient (Wildman–Crippen LogP) is 2.26. The molecule has 1 amide bonds. The topological polar surface area (TPSA) is 50.4 Å². The number of nitrogens with one attached hydrogen (secondary N) is 2. The molecule has 1 aromatic rings. The lowest BCUT2D eigenvalue weighted by atomic mass is 9.93. The van der Waals surface area contributed by atoms with Gasteiger partial charge in [-0.2, -0.15) is 0 Å². The third-order valence-electron chi connectivity index (χ3n) is 3.30. The van der Waals surface area contributed by atoms with Gasteiger partial charge >= 0.3 is 0 Å². The van der Waals surface area contributed by atoms with Crippen molar-refractivity contribution >= 4 is 18.3 Å². The van der Waals surface area contributed by atoms with Gasteiger partial charge in [0.15, 0.2) is 0 Å². The molecule has 120 valence electrons. The highest BCUT2D eigenvalue weighted by molar-refractivity contribution is 5.85. The molecule has 0 heterocycles. The number of hydrogen-bond donors (Lipinski definition) is 2. The van der Waals surface area contributed by atoms with Crippen LogP contribution in [-0.4, -0.2) is 32.7 Å². The molecule has 5 heteroatoms. The smallest absolute Gasteiger partial charge is 0.234 e. The van der Waals surface area contributed by atoms with Gasteiger partial charge in [-0.1, -0.05) is 31.2 Å². The Balaban J connectivity index is 0.00000400. The molecule has 0 aliphatic heterocycles. The van der Waals surface area contributed by atoms with E-state index in [-0.39, 0.29) is 23.9 Å². The first-order valence-electron chi connectivity index (χ1n) is 7.09. The van der Waals surface area contributed by atoms with Crippen LogP contribution < -0.4 is 10.6 Å². The molecule has 2 N–H and O–H groups in total. The van der Waals surface area contributed by atoms with Crippen molar-refractivity contribution in [3.05, 3.63) is 35.4 Å². The second kappa shape index (κ2) is 9.77. The molecule has 0 saturated heterocycles. The lowest BCUT2D eigenvalue weighted by molar-refractivity contribution is -0.121. The number of hydrogen-bond acceptors (Lipinski definition) is 3. The summed E-state index contributed by atoms with van der Waals surface area (Å²) in [6.07, 6.45) is 1.02. The van der Waals surface area contributed by atoms with Gasteiger partial charge in [0, 0.05) is 13.7 Å². The maximum Gasteiger partial charge on any atom is 0.234 e. The van der Waals surface area contributed by atoms with Crippen LogP contribution in [-0.2, 0) is 21.5 Å². The van der Waals surface area contributed by atoms with E-state index < -0.39 is 0 Å². The standard InChI is InChI=1S/C16H26N2O2.ClH/c1-5-13-6-8-14(9-7-13)16(2,3)18-15(19)12-17-10-11-20-4;/h6-9,17H,5,10-12H2,1-4H3,(H,18,19);1H. The van der Waals surface area contributed by atoms with E-state index in [0.717, 1.165) is 12.0 Å². The molecular weight excluding hydrogens is 288 g/mol. The fourth-order valence-corrected chi connectivity index (χ4v) is 2.00. The Kier molecular flexibility index (Phi) is 9.26. The zero-order valence-corrected chi connectivity index (χ0v) is 14.2. The van der Waals surface area contributed by atoms with Crippen molar-refractivity contribution in [2.75, 3.05) is 26.8 Å². The Bertz CT molecular complexity index is 419. The average molecular weight is 315 g/mol. The number of benzene rings is 1. The first-order chi connectivity index (χ1) is 9.49. The van der Waals surface area contributed by atoms with Gasteiger partial charge in [-0.25, -0.2) is 0 Å². The SMILES string of the molecule is CCc1ccc(C(C)(C)NC(=O)CNCCOC)cc1.Cl. The number of amides is 1. The summed E-state index contributed by atoms with van der Waals surface area (Å²) in [6.45, 7) is 7.75. The molecule has 0 aliphatic rings. The number of rotatable bonds is 8. The Morgan fingerprint density at radius 3 is 2.38 bits per heavy atom. The number of methoxy groups -OCH3 is 1. The van der Waals surface area contributed by atoms with Crippen molar-refractivity contribution in [1.29, 1.82) is 0 Å². The van der Waals surface area contributed by atoms with Crippen molar-refractivity contribution < 1.29 is 9.53 Å². The van der Waals surface area contributed by atoms with Crippen LogP contribution >= 0.6 is 12.4 Å². The highest BCUT2D eigenvalue weighted by atomic mass is 35.5. The van der Waals surface area contributed by atoms with Crippen LogP contribution in [0.3, 0.4) is 0 Å². The van der Waals surface area contributed by atoms with Crippen LogP contribution in [0.2, 0.25) is 0 Å². The number of carbonyl (C=O) groups excluding carboxylic acids is 1. The Morgan fingerprint density at radius 1 is 1.24 bits per heavy atom. The van der Waals surface area contributed by atoms with E-state index in [9.17, 15) is 4.79 Å². The van der Waals surface area contributed by atoms with Crippen molar-refractivity contribution in [2.24, 2.45) is 0 Å². The van der Waals surface area contributed by atoms with E-state index in [0.29, 0.717) is 19.7 Å². The second-order valence-corrected chi connectivity index (χ2v) is 5.39. The first-order valence-corrected chi connectivity index (χ1v) is 7.09. The number of carbonyl (C=O) groups is 1. The summed E-state index contributed by atoms with van der Waals surface area (Å²) >= 11 is 0. The third kappa shape index (κ3) is 6.93. The summed E-state index contributed by atoms with van der Waals surface area (Å²) in [5.41, 5.74) is 2.05. The van der Waals surface area contributed by atoms with E-state index in [1.807, 2.05) is 13.8 Å². The van der Waals surface area contributed by atoms with Crippen LogP contribution in [0.15, 0.2) is 24.3 Å². The molecule has 0 unspecified atom stereocenters. The van der Waals surface area contributed by atoms with Crippen LogP contribution in [0.4, 0.5) is 0 Å². The molecule has 0 fully saturated rings. The quantitative estimate of drug-likeness (QED) is 0.724. The second-order valence-electron chi connectivity index (χ2n) is 5.39. The van der Waals surface area contributed by atoms with Crippen molar-refractivity contribution in [3.8, 4) is 0 Å². The summed E-state index contributed by atoms with van der Waals surface area (Å²) in [5.74, 6) is -0.00864. The minimum Gasteiger partial charge on any atom is -0.383 e. The molecule has 4 nitrogen and oxygen atoms in total. The fourth-order valence-electron chi connectivity index (χ4n) is 2.00. The van der Waals surface area contributed by atoms with Gasteiger partial charge < -0.3 is 15.4 Å². The largest absolute Gasteiger partial charge is 0.383 e. The summed E-state index contributed by atoms with van der Waals surface area (Å²) in [4.78, 5) is 11.9. The monoisotopic (exact) mass is 314 g/mol. The van der Waals surface area contributed by atoms with E-state index in [4.69, 9.17) is 4.74 Å². The minimum atomic E-state index is -0.369. The molecule has 1 aromatic carbocycles. The highest BCUT2D eigenvalue weighted by Gasteiger charge is 2.22. The van der Waals surface area contributed by atoms with Crippen molar-refractivity contribution in [3.63, 3.8) is 0 Å². The van der Waals surface area contributed by atoms with Crippen LogP contribution in [0.5, 0.6) is 0 Å². The molecule has 0 radical (unpaired) electrons. The van der Waals surface area contributed by atoms with Gasteiger partial charge in [-0.3, -0.25) is 4.79 Å². The van der Waals surface area contributed by atoms with Gasteiger partial charge in [0.25, 0.3) is 0 Å². The Morgan fingerprint density at radius 2 is 1.86 bits per heavy atom. The Hall–Kier alpha value is -1.10. The predicted molar refractivity (Wildman–Crippen MR) is 89.0 cm³/mol. The molecule has 1 rings (SSSR count). The third-order valence-corrected chi connectivity index (χ3v) is 3.30.